The summed E-state index contributed by atoms with van der Waals surface area (Å²) in [5, 5.41) is 0. The van der Waals surface area contributed by atoms with E-state index in [4.69, 9.17) is 0 Å². The van der Waals surface area contributed by atoms with Gasteiger partial charge < -0.3 is 4.98 Å². The number of anilines is 1. The van der Waals surface area contributed by atoms with Crippen molar-refractivity contribution >= 4 is 38.3 Å². The molecule has 2 rings (SSSR count). The van der Waals surface area contributed by atoms with Gasteiger partial charge in [0.05, 0.1) is 0 Å². The van der Waals surface area contributed by atoms with E-state index in [1.54, 1.807) is 24.3 Å². The van der Waals surface area contributed by atoms with Crippen LogP contribution in [0.3, 0.4) is 0 Å². The van der Waals surface area contributed by atoms with E-state index >= 15 is 0 Å². The molecule has 2 aromatic rings. The summed E-state index contributed by atoms with van der Waals surface area (Å²) in [5.74, 6) is 0. The van der Waals surface area contributed by atoms with Gasteiger partial charge >= 0.3 is 0 Å². The minimum atomic E-state index is -3.67. The van der Waals surface area contributed by atoms with Crippen molar-refractivity contribution in [2.24, 2.45) is 0 Å². The van der Waals surface area contributed by atoms with Crippen LogP contribution >= 0.6 is 22.6 Å². The van der Waals surface area contributed by atoms with Crippen LogP contribution in [0.1, 0.15) is 0 Å². The Morgan fingerprint density at radius 1 is 1.06 bits per heavy atom. The summed E-state index contributed by atoms with van der Waals surface area (Å²) in [7, 11) is -3.67. The summed E-state index contributed by atoms with van der Waals surface area (Å²) < 4.78 is 27.4. The molecule has 0 amide bonds. The molecule has 0 bridgehead atoms. The van der Waals surface area contributed by atoms with Crippen LogP contribution in [0.4, 0.5) is 5.69 Å². The van der Waals surface area contributed by atoms with E-state index in [1.165, 1.54) is 12.1 Å². The van der Waals surface area contributed by atoms with Crippen molar-refractivity contribution in [1.82, 2.24) is 4.98 Å². The summed E-state index contributed by atoms with van der Waals surface area (Å²) >= 11 is 2.13. The molecule has 0 aliphatic heterocycles. The average molecular weight is 376 g/mol. The number of hydrogen-bond acceptors (Lipinski definition) is 3. The van der Waals surface area contributed by atoms with E-state index in [9.17, 15) is 13.2 Å². The Balaban J connectivity index is 2.29. The van der Waals surface area contributed by atoms with Crippen LogP contribution in [0, 0.1) is 3.57 Å². The summed E-state index contributed by atoms with van der Waals surface area (Å²) in [4.78, 5) is 13.2. The van der Waals surface area contributed by atoms with Gasteiger partial charge in [-0.2, -0.15) is 0 Å². The Labute approximate surface area is 117 Å². The van der Waals surface area contributed by atoms with Crippen molar-refractivity contribution in [2.75, 3.05) is 4.72 Å². The molecule has 1 heterocycles. The predicted octanol–water partition coefficient (Wildman–Crippen LogP) is 1.78. The number of halogens is 1. The molecule has 94 valence electrons. The van der Waals surface area contributed by atoms with E-state index in [-0.39, 0.29) is 10.5 Å². The monoisotopic (exact) mass is 376 g/mol. The number of hydrogen-bond donors (Lipinski definition) is 2. The first kappa shape index (κ1) is 13.1. The minimum Gasteiger partial charge on any atom is -0.328 e. The highest BCUT2D eigenvalue weighted by molar-refractivity contribution is 14.1. The third-order valence-electron chi connectivity index (χ3n) is 2.16. The molecule has 0 unspecified atom stereocenters. The Morgan fingerprint density at radius 3 is 2.28 bits per heavy atom. The standard InChI is InChI=1S/C11H9IN2O3S/c12-8-1-3-9(4-2-8)14-18(16,17)10-5-6-11(15)13-7-10/h1-7,14H,(H,13,15). The molecule has 7 heteroatoms. The highest BCUT2D eigenvalue weighted by Gasteiger charge is 2.13. The lowest BCUT2D eigenvalue weighted by molar-refractivity contribution is 0.600. The highest BCUT2D eigenvalue weighted by atomic mass is 127. The minimum absolute atomic E-state index is 0.0145. The van der Waals surface area contributed by atoms with Gasteiger partial charge in [-0.1, -0.05) is 0 Å². The molecule has 0 aliphatic carbocycles. The van der Waals surface area contributed by atoms with Gasteiger partial charge in [-0.05, 0) is 52.9 Å². The van der Waals surface area contributed by atoms with Gasteiger partial charge in [0.15, 0.2) is 0 Å². The average Bonchev–Trinajstić information content (AvgIpc) is 2.32. The lowest BCUT2D eigenvalue weighted by atomic mass is 10.3. The number of benzene rings is 1. The zero-order valence-electron chi connectivity index (χ0n) is 9.05. The second-order valence-corrected chi connectivity index (χ2v) is 6.43. The number of nitrogens with one attached hydrogen (secondary N) is 2. The molecule has 5 nitrogen and oxygen atoms in total. The fraction of sp³-hybridized carbons (Fsp3) is 0. The molecule has 1 aromatic carbocycles. The first-order chi connectivity index (χ1) is 8.47. The first-order valence-electron chi connectivity index (χ1n) is 4.94. The first-order valence-corrected chi connectivity index (χ1v) is 7.51. The number of sulfonamides is 1. The van der Waals surface area contributed by atoms with Crippen LogP contribution in [0.25, 0.3) is 0 Å². The van der Waals surface area contributed by atoms with Crippen LogP contribution in [0.15, 0.2) is 52.3 Å². The molecule has 0 saturated carbocycles. The molecule has 0 spiro atoms. The van der Waals surface area contributed by atoms with Crippen molar-refractivity contribution in [3.05, 3.63) is 56.5 Å². The number of aromatic amines is 1. The maximum Gasteiger partial charge on any atom is 0.263 e. The van der Waals surface area contributed by atoms with Gasteiger partial charge in [-0.3, -0.25) is 9.52 Å². The molecule has 18 heavy (non-hydrogen) atoms. The molecular weight excluding hydrogens is 367 g/mol. The third-order valence-corrected chi connectivity index (χ3v) is 4.26. The van der Waals surface area contributed by atoms with Crippen molar-refractivity contribution in [3.63, 3.8) is 0 Å². The lowest BCUT2D eigenvalue weighted by Gasteiger charge is -2.07. The summed E-state index contributed by atoms with van der Waals surface area (Å²) in [6.45, 7) is 0. The van der Waals surface area contributed by atoms with Crippen LogP contribution in [-0.4, -0.2) is 13.4 Å². The van der Waals surface area contributed by atoms with E-state index in [0.717, 1.165) is 9.77 Å². The van der Waals surface area contributed by atoms with Crippen molar-refractivity contribution in [3.8, 4) is 0 Å². The number of aromatic nitrogens is 1. The maximum atomic E-state index is 12.0. The van der Waals surface area contributed by atoms with Gasteiger partial charge in [0, 0.05) is 21.5 Å². The van der Waals surface area contributed by atoms with Crippen LogP contribution < -0.4 is 10.3 Å². The van der Waals surface area contributed by atoms with Crippen LogP contribution in [-0.2, 0) is 10.0 Å². The molecule has 0 aliphatic rings. The van der Waals surface area contributed by atoms with Gasteiger partial charge in [0.2, 0.25) is 5.56 Å². The molecule has 0 saturated heterocycles. The fourth-order valence-corrected chi connectivity index (χ4v) is 2.68. The van der Waals surface area contributed by atoms with E-state index in [1.807, 2.05) is 0 Å². The van der Waals surface area contributed by atoms with E-state index < -0.39 is 10.0 Å². The summed E-state index contributed by atoms with van der Waals surface area (Å²) in [6, 6.07) is 9.36. The van der Waals surface area contributed by atoms with Crippen molar-refractivity contribution in [2.45, 2.75) is 4.90 Å². The predicted molar refractivity (Wildman–Crippen MR) is 77.0 cm³/mol. The van der Waals surface area contributed by atoms with Gasteiger partial charge in [0.25, 0.3) is 10.0 Å². The Morgan fingerprint density at radius 2 is 1.72 bits per heavy atom. The zero-order valence-corrected chi connectivity index (χ0v) is 12.0. The molecule has 1 aromatic heterocycles. The topological polar surface area (TPSA) is 79.0 Å². The molecule has 0 atom stereocenters. The summed E-state index contributed by atoms with van der Waals surface area (Å²) in [5.41, 5.74) is 0.129. The smallest absolute Gasteiger partial charge is 0.263 e. The number of pyridine rings is 1. The third kappa shape index (κ3) is 3.10. The largest absolute Gasteiger partial charge is 0.328 e. The fourth-order valence-electron chi connectivity index (χ4n) is 1.30. The maximum absolute atomic E-state index is 12.0. The SMILES string of the molecule is O=c1ccc(S(=O)(=O)Nc2ccc(I)cc2)c[nH]1. The van der Waals surface area contributed by atoms with Gasteiger partial charge in [-0.15, -0.1) is 0 Å². The van der Waals surface area contributed by atoms with Crippen molar-refractivity contribution < 1.29 is 8.42 Å². The molecule has 0 fully saturated rings. The van der Waals surface area contributed by atoms with E-state index in [2.05, 4.69) is 32.3 Å². The molecular formula is C11H9IN2O3S. The molecule has 2 N–H and O–H groups in total. The normalized spacial score (nSPS) is 11.2. The number of H-pyrrole nitrogens is 1. The van der Waals surface area contributed by atoms with E-state index in [0.29, 0.717) is 5.69 Å². The van der Waals surface area contributed by atoms with Crippen LogP contribution in [0.2, 0.25) is 0 Å². The Bertz CT molecular complexity index is 687. The second kappa shape index (κ2) is 5.11. The quantitative estimate of drug-likeness (QED) is 0.802. The van der Waals surface area contributed by atoms with Gasteiger partial charge in [-0.25, -0.2) is 8.42 Å². The Kier molecular flexibility index (Phi) is 3.71. The van der Waals surface area contributed by atoms with Gasteiger partial charge in [0.1, 0.15) is 4.90 Å². The zero-order chi connectivity index (χ0) is 13.2. The molecule has 0 radical (unpaired) electrons. The second-order valence-electron chi connectivity index (χ2n) is 3.50. The van der Waals surface area contributed by atoms with Crippen LogP contribution in [0.5, 0.6) is 0 Å². The van der Waals surface area contributed by atoms with Crippen molar-refractivity contribution in [1.29, 1.82) is 0 Å². The number of rotatable bonds is 3. The summed E-state index contributed by atoms with van der Waals surface area (Å²) in [6.07, 6.45) is 1.16. The lowest BCUT2D eigenvalue weighted by Crippen LogP contribution is -2.15. The highest BCUT2D eigenvalue weighted by Crippen LogP contribution is 2.16. The Hall–Kier alpha value is -1.35.